The van der Waals surface area contributed by atoms with Gasteiger partial charge in [-0.05, 0) is 49.7 Å². The number of nitrogens with one attached hydrogen (secondary N) is 1. The molecule has 0 aliphatic carbocycles. The molecule has 0 heterocycles. The largest absolute Gasteiger partial charge is 0.493 e. The Hall–Kier alpha value is -2.73. The van der Waals surface area contributed by atoms with Crippen LogP contribution >= 0.6 is 11.6 Å². The molecule has 0 aromatic heterocycles. The molecule has 1 N–H and O–H groups in total. The molecule has 0 saturated heterocycles. The first kappa shape index (κ1) is 20.6. The lowest BCUT2D eigenvalue weighted by Crippen LogP contribution is -2.33. The normalized spacial score (nSPS) is 11.9. The Morgan fingerprint density at radius 1 is 1.22 bits per heavy atom. The van der Waals surface area contributed by atoms with Crippen LogP contribution in [0.25, 0.3) is 0 Å². The monoisotopic (exact) mass is 390 g/mol. The Morgan fingerprint density at radius 2 is 1.96 bits per heavy atom. The molecule has 2 rings (SSSR count). The second-order valence-corrected chi connectivity index (χ2v) is 6.11. The lowest BCUT2D eigenvalue weighted by atomic mass is 10.2. The average Bonchev–Trinajstić information content (AvgIpc) is 2.68. The van der Waals surface area contributed by atoms with Crippen LogP contribution in [0.5, 0.6) is 11.5 Å². The van der Waals surface area contributed by atoms with E-state index >= 15 is 0 Å². The second-order valence-electron chi connectivity index (χ2n) is 5.67. The van der Waals surface area contributed by atoms with Gasteiger partial charge in [0.05, 0.1) is 19.9 Å². The molecular weight excluding hydrogens is 368 g/mol. The van der Waals surface area contributed by atoms with Gasteiger partial charge in [-0.2, -0.15) is 0 Å². The van der Waals surface area contributed by atoms with E-state index in [9.17, 15) is 4.79 Å². The highest BCUT2D eigenvalue weighted by Gasteiger charge is 2.13. The van der Waals surface area contributed by atoms with E-state index in [0.717, 1.165) is 11.1 Å². The van der Waals surface area contributed by atoms with Crippen LogP contribution in [0.1, 0.15) is 25.0 Å². The van der Waals surface area contributed by atoms with E-state index in [4.69, 9.17) is 25.9 Å². The fourth-order valence-electron chi connectivity index (χ4n) is 2.20. The summed E-state index contributed by atoms with van der Waals surface area (Å²) in [6.45, 7) is 4.48. The SMILES string of the molecule is CCOc1ccc(/C=N/OC(C)C(=O)NCc2ccc(Cl)cc2)cc1OC. The standard InChI is InChI=1S/C20H23ClN2O4/c1-4-26-18-10-7-16(11-19(18)25-3)13-23-27-14(2)20(24)22-12-15-5-8-17(21)9-6-15/h5-11,13-14H,4,12H2,1-3H3,(H,22,24)/b23-13+. The summed E-state index contributed by atoms with van der Waals surface area (Å²) in [5, 5.41) is 7.32. The first-order valence-corrected chi connectivity index (χ1v) is 8.93. The minimum Gasteiger partial charge on any atom is -0.493 e. The number of carbonyl (C=O) groups excluding carboxylic acids is 1. The van der Waals surface area contributed by atoms with Crippen molar-refractivity contribution in [3.8, 4) is 11.5 Å². The van der Waals surface area contributed by atoms with Crippen molar-refractivity contribution in [3.05, 3.63) is 58.6 Å². The van der Waals surface area contributed by atoms with Crippen LogP contribution in [0.3, 0.4) is 0 Å². The average molecular weight is 391 g/mol. The van der Waals surface area contributed by atoms with Gasteiger partial charge in [-0.25, -0.2) is 0 Å². The zero-order valence-corrected chi connectivity index (χ0v) is 16.3. The van der Waals surface area contributed by atoms with Crippen molar-refractivity contribution in [2.75, 3.05) is 13.7 Å². The number of oxime groups is 1. The molecule has 0 fully saturated rings. The summed E-state index contributed by atoms with van der Waals surface area (Å²) >= 11 is 5.84. The third kappa shape index (κ3) is 6.49. The lowest BCUT2D eigenvalue weighted by Gasteiger charge is -2.11. The van der Waals surface area contributed by atoms with Gasteiger partial charge >= 0.3 is 0 Å². The van der Waals surface area contributed by atoms with Gasteiger partial charge in [0.2, 0.25) is 6.10 Å². The molecule has 0 aliphatic rings. The fraction of sp³-hybridized carbons (Fsp3) is 0.300. The molecular formula is C20H23ClN2O4. The van der Waals surface area contributed by atoms with Gasteiger partial charge in [0, 0.05) is 17.1 Å². The Morgan fingerprint density at radius 3 is 2.63 bits per heavy atom. The number of amides is 1. The first-order chi connectivity index (χ1) is 13.0. The van der Waals surface area contributed by atoms with Crippen LogP contribution in [0.2, 0.25) is 5.02 Å². The predicted molar refractivity (Wildman–Crippen MR) is 106 cm³/mol. The van der Waals surface area contributed by atoms with Crippen molar-refractivity contribution in [1.29, 1.82) is 0 Å². The number of rotatable bonds is 9. The molecule has 0 bridgehead atoms. The van der Waals surface area contributed by atoms with Gasteiger partial charge < -0.3 is 19.6 Å². The highest BCUT2D eigenvalue weighted by molar-refractivity contribution is 6.30. The minimum absolute atomic E-state index is 0.258. The maximum Gasteiger partial charge on any atom is 0.263 e. The van der Waals surface area contributed by atoms with Gasteiger partial charge in [-0.15, -0.1) is 0 Å². The Kier molecular flexibility index (Phi) is 7.95. The molecule has 0 spiro atoms. The van der Waals surface area contributed by atoms with Crippen molar-refractivity contribution in [2.24, 2.45) is 5.16 Å². The third-order valence-corrected chi connectivity index (χ3v) is 3.91. The van der Waals surface area contributed by atoms with Crippen LogP contribution in [0, 0.1) is 0 Å². The molecule has 7 heteroatoms. The van der Waals surface area contributed by atoms with E-state index in [2.05, 4.69) is 10.5 Å². The summed E-state index contributed by atoms with van der Waals surface area (Å²) < 4.78 is 10.8. The molecule has 2 aromatic rings. The zero-order chi connectivity index (χ0) is 19.6. The second kappa shape index (κ2) is 10.4. The number of benzene rings is 2. The molecule has 1 unspecified atom stereocenters. The fourth-order valence-corrected chi connectivity index (χ4v) is 2.33. The summed E-state index contributed by atoms with van der Waals surface area (Å²) in [4.78, 5) is 17.3. The number of methoxy groups -OCH3 is 1. The zero-order valence-electron chi connectivity index (χ0n) is 15.6. The van der Waals surface area contributed by atoms with Crippen molar-refractivity contribution in [1.82, 2.24) is 5.32 Å². The number of ether oxygens (including phenoxy) is 2. The van der Waals surface area contributed by atoms with Gasteiger partial charge in [0.25, 0.3) is 5.91 Å². The number of carbonyl (C=O) groups is 1. The first-order valence-electron chi connectivity index (χ1n) is 8.55. The van der Waals surface area contributed by atoms with E-state index in [1.54, 1.807) is 38.3 Å². The Balaban J connectivity index is 1.85. The summed E-state index contributed by atoms with van der Waals surface area (Å²) in [5.41, 5.74) is 1.72. The molecule has 0 saturated carbocycles. The van der Waals surface area contributed by atoms with E-state index in [0.29, 0.717) is 29.7 Å². The summed E-state index contributed by atoms with van der Waals surface area (Å²) in [6.07, 6.45) is 0.791. The van der Waals surface area contributed by atoms with Crippen LogP contribution < -0.4 is 14.8 Å². The van der Waals surface area contributed by atoms with Crippen LogP contribution in [0.4, 0.5) is 0 Å². The molecule has 1 atom stereocenters. The van der Waals surface area contributed by atoms with Crippen LogP contribution in [0.15, 0.2) is 47.6 Å². The molecule has 0 radical (unpaired) electrons. The molecule has 6 nitrogen and oxygen atoms in total. The van der Waals surface area contributed by atoms with Gasteiger partial charge in [-0.3, -0.25) is 4.79 Å². The van der Waals surface area contributed by atoms with Gasteiger partial charge in [0.15, 0.2) is 11.5 Å². The molecule has 2 aromatic carbocycles. The Labute approximate surface area is 164 Å². The summed E-state index contributed by atoms with van der Waals surface area (Å²) in [7, 11) is 1.57. The molecule has 27 heavy (non-hydrogen) atoms. The summed E-state index contributed by atoms with van der Waals surface area (Å²) in [5.74, 6) is 1.01. The van der Waals surface area contributed by atoms with E-state index < -0.39 is 6.10 Å². The van der Waals surface area contributed by atoms with E-state index in [1.165, 1.54) is 6.21 Å². The van der Waals surface area contributed by atoms with Crippen molar-refractivity contribution >= 4 is 23.7 Å². The maximum atomic E-state index is 12.1. The number of nitrogens with zero attached hydrogens (tertiary/aromatic N) is 1. The Bertz CT molecular complexity index is 778. The number of halogens is 1. The topological polar surface area (TPSA) is 69.2 Å². The van der Waals surface area contributed by atoms with Gasteiger partial charge in [0.1, 0.15) is 0 Å². The maximum absolute atomic E-state index is 12.1. The van der Waals surface area contributed by atoms with E-state index in [-0.39, 0.29) is 5.91 Å². The highest BCUT2D eigenvalue weighted by atomic mass is 35.5. The van der Waals surface area contributed by atoms with Crippen molar-refractivity contribution < 1.29 is 19.1 Å². The molecule has 1 amide bonds. The third-order valence-electron chi connectivity index (χ3n) is 3.66. The summed E-state index contributed by atoms with van der Waals surface area (Å²) in [6, 6.07) is 12.7. The van der Waals surface area contributed by atoms with Crippen LogP contribution in [-0.4, -0.2) is 31.9 Å². The van der Waals surface area contributed by atoms with E-state index in [1.807, 2.05) is 25.1 Å². The van der Waals surface area contributed by atoms with Crippen molar-refractivity contribution in [3.63, 3.8) is 0 Å². The quantitative estimate of drug-likeness (QED) is 0.522. The minimum atomic E-state index is -0.724. The van der Waals surface area contributed by atoms with Crippen LogP contribution in [-0.2, 0) is 16.2 Å². The highest BCUT2D eigenvalue weighted by Crippen LogP contribution is 2.27. The number of hydrogen-bond acceptors (Lipinski definition) is 5. The predicted octanol–water partition coefficient (Wildman–Crippen LogP) is 3.80. The molecule has 0 aliphatic heterocycles. The lowest BCUT2D eigenvalue weighted by molar-refractivity contribution is -0.131. The van der Waals surface area contributed by atoms with Gasteiger partial charge in [-0.1, -0.05) is 28.9 Å². The number of hydrogen-bond donors (Lipinski definition) is 1. The molecule has 144 valence electrons. The smallest absolute Gasteiger partial charge is 0.263 e. The van der Waals surface area contributed by atoms with Crippen molar-refractivity contribution in [2.45, 2.75) is 26.5 Å².